The second-order valence-electron chi connectivity index (χ2n) is 7.25. The van der Waals surface area contributed by atoms with Crippen LogP contribution in [0.2, 0.25) is 0 Å². The number of likely N-dealkylation sites (tertiary alicyclic amines) is 1. The summed E-state index contributed by atoms with van der Waals surface area (Å²) in [6.07, 6.45) is 3.10. The lowest BCUT2D eigenvalue weighted by Gasteiger charge is -2.32. The van der Waals surface area contributed by atoms with Gasteiger partial charge in [0.25, 0.3) is 0 Å². The van der Waals surface area contributed by atoms with Gasteiger partial charge in [-0.15, -0.1) is 0 Å². The van der Waals surface area contributed by atoms with Crippen molar-refractivity contribution in [3.8, 4) is 0 Å². The van der Waals surface area contributed by atoms with Gasteiger partial charge < -0.3 is 11.1 Å². The lowest BCUT2D eigenvalue weighted by molar-refractivity contribution is -0.119. The van der Waals surface area contributed by atoms with Gasteiger partial charge in [0.05, 0.1) is 11.4 Å². The summed E-state index contributed by atoms with van der Waals surface area (Å²) in [7, 11) is -3.85. The number of primary sulfonamides is 1. The molecule has 1 fully saturated rings. The number of sulfonamides is 1. The first kappa shape index (κ1) is 21.3. The highest BCUT2D eigenvalue weighted by Gasteiger charge is 2.22. The topological polar surface area (TPSA) is 136 Å². The molecule has 0 unspecified atom stereocenters. The first-order valence-corrected chi connectivity index (χ1v) is 10.6. The van der Waals surface area contributed by atoms with E-state index < -0.39 is 10.0 Å². The second-order valence-corrected chi connectivity index (χ2v) is 8.82. The van der Waals surface area contributed by atoms with Crippen LogP contribution in [-0.2, 0) is 19.6 Å². The number of nitrogens with two attached hydrogens (primary N) is 2. The quantitative estimate of drug-likeness (QED) is 0.628. The minimum atomic E-state index is -3.85. The van der Waals surface area contributed by atoms with Gasteiger partial charge in [0.1, 0.15) is 0 Å². The maximum absolute atomic E-state index is 12.5. The summed E-state index contributed by atoms with van der Waals surface area (Å²) in [5.74, 6) is -0.154. The van der Waals surface area contributed by atoms with E-state index in [2.05, 4.69) is 10.2 Å². The third-order valence-corrected chi connectivity index (χ3v) is 5.91. The Kier molecular flexibility index (Phi) is 6.96. The highest BCUT2D eigenvalue weighted by atomic mass is 32.2. The molecule has 1 heterocycles. The lowest BCUT2D eigenvalue weighted by atomic mass is 9.93. The van der Waals surface area contributed by atoms with Crippen molar-refractivity contribution >= 4 is 27.5 Å². The highest BCUT2D eigenvalue weighted by Crippen LogP contribution is 2.24. The van der Waals surface area contributed by atoms with Gasteiger partial charge in [0, 0.05) is 18.7 Å². The number of anilines is 1. The molecule has 0 spiro atoms. The minimum absolute atomic E-state index is 0.0228. The molecule has 1 aromatic carbocycles. The summed E-state index contributed by atoms with van der Waals surface area (Å²) in [4.78, 5) is 25.5. The van der Waals surface area contributed by atoms with Crippen LogP contribution in [0.3, 0.4) is 0 Å². The van der Waals surface area contributed by atoms with E-state index in [0.29, 0.717) is 18.0 Å². The Labute approximate surface area is 160 Å². The summed E-state index contributed by atoms with van der Waals surface area (Å²) in [6.45, 7) is 5.36. The molecular formula is C18H28N4O4S. The molecule has 27 heavy (non-hydrogen) atoms. The van der Waals surface area contributed by atoms with Crippen LogP contribution in [0.15, 0.2) is 17.0 Å². The van der Waals surface area contributed by atoms with Crippen molar-refractivity contribution in [2.75, 3.05) is 25.0 Å². The first-order chi connectivity index (χ1) is 12.6. The predicted molar refractivity (Wildman–Crippen MR) is 104 cm³/mol. The Bertz CT molecular complexity index is 823. The average molecular weight is 397 g/mol. The second kappa shape index (κ2) is 8.81. The van der Waals surface area contributed by atoms with Crippen LogP contribution in [-0.4, -0.2) is 44.8 Å². The molecule has 150 valence electrons. The van der Waals surface area contributed by atoms with E-state index in [1.807, 2.05) is 6.92 Å². The Morgan fingerprint density at radius 3 is 2.63 bits per heavy atom. The number of primary amides is 1. The van der Waals surface area contributed by atoms with E-state index in [9.17, 15) is 18.0 Å². The maximum Gasteiger partial charge on any atom is 0.238 e. The number of rotatable bonds is 7. The van der Waals surface area contributed by atoms with Crippen LogP contribution >= 0.6 is 0 Å². The van der Waals surface area contributed by atoms with Gasteiger partial charge in [-0.3, -0.25) is 14.5 Å². The van der Waals surface area contributed by atoms with E-state index in [1.54, 1.807) is 6.92 Å². The Balaban J connectivity index is 2.01. The highest BCUT2D eigenvalue weighted by molar-refractivity contribution is 7.89. The Morgan fingerprint density at radius 1 is 1.30 bits per heavy atom. The number of carbonyl (C=O) groups excluding carboxylic acids is 2. The largest absolute Gasteiger partial charge is 0.370 e. The number of hydrogen-bond donors (Lipinski definition) is 3. The van der Waals surface area contributed by atoms with Crippen molar-refractivity contribution in [1.29, 1.82) is 0 Å². The standard InChI is InChI=1S/C18H28N4O4S/c1-12-8-15(27(20,25)26)9-16(13(12)2)21-18(24)11-22-7-3-4-14(10-22)5-6-17(19)23/h8-9,14H,3-7,10-11H2,1-2H3,(H2,19,23)(H,21,24)(H2,20,25,26)/t14-/m1/s1. The van der Waals surface area contributed by atoms with Gasteiger partial charge in [0.15, 0.2) is 0 Å². The molecular weight excluding hydrogens is 368 g/mol. The third-order valence-electron chi connectivity index (χ3n) is 5.01. The number of hydrogen-bond acceptors (Lipinski definition) is 5. The summed E-state index contributed by atoms with van der Waals surface area (Å²) in [6, 6.07) is 2.88. The zero-order valence-corrected chi connectivity index (χ0v) is 16.6. The zero-order chi connectivity index (χ0) is 20.2. The molecule has 0 saturated carbocycles. The van der Waals surface area contributed by atoms with Crippen LogP contribution < -0.4 is 16.2 Å². The summed E-state index contributed by atoms with van der Waals surface area (Å²) >= 11 is 0. The van der Waals surface area contributed by atoms with Crippen LogP contribution in [0.5, 0.6) is 0 Å². The number of piperidine rings is 1. The van der Waals surface area contributed by atoms with Crippen molar-refractivity contribution in [3.63, 3.8) is 0 Å². The molecule has 1 atom stereocenters. The van der Waals surface area contributed by atoms with Gasteiger partial charge in [-0.1, -0.05) is 0 Å². The van der Waals surface area contributed by atoms with E-state index in [-0.39, 0.29) is 23.3 Å². The molecule has 1 aliphatic heterocycles. The van der Waals surface area contributed by atoms with E-state index in [1.165, 1.54) is 12.1 Å². The number of benzene rings is 1. The molecule has 2 rings (SSSR count). The zero-order valence-electron chi connectivity index (χ0n) is 15.8. The third kappa shape index (κ3) is 6.30. The van der Waals surface area contributed by atoms with Gasteiger partial charge in [-0.05, 0) is 68.8 Å². The summed E-state index contributed by atoms with van der Waals surface area (Å²) in [5, 5.41) is 8.01. The van der Waals surface area contributed by atoms with E-state index in [0.717, 1.165) is 43.5 Å². The van der Waals surface area contributed by atoms with Crippen LogP contribution in [0.25, 0.3) is 0 Å². The smallest absolute Gasteiger partial charge is 0.238 e. The van der Waals surface area contributed by atoms with Gasteiger partial charge in [-0.2, -0.15) is 0 Å². The lowest BCUT2D eigenvalue weighted by Crippen LogP contribution is -2.40. The van der Waals surface area contributed by atoms with Gasteiger partial charge in [-0.25, -0.2) is 13.6 Å². The van der Waals surface area contributed by atoms with Crippen LogP contribution in [0.4, 0.5) is 5.69 Å². The van der Waals surface area contributed by atoms with Gasteiger partial charge >= 0.3 is 0 Å². The average Bonchev–Trinajstić information content (AvgIpc) is 2.56. The molecule has 9 heteroatoms. The number of nitrogens with zero attached hydrogens (tertiary/aromatic N) is 1. The van der Waals surface area contributed by atoms with Gasteiger partial charge in [0.2, 0.25) is 21.8 Å². The fourth-order valence-corrected chi connectivity index (χ4v) is 4.01. The monoisotopic (exact) mass is 396 g/mol. The number of amides is 2. The molecule has 1 aromatic rings. The SMILES string of the molecule is Cc1cc(S(N)(=O)=O)cc(NC(=O)CN2CCC[C@H](CCC(N)=O)C2)c1C. The predicted octanol–water partition coefficient (Wildman–Crippen LogP) is 0.867. The number of aryl methyl sites for hydroxylation is 1. The molecule has 8 nitrogen and oxygen atoms in total. The molecule has 0 aliphatic carbocycles. The van der Waals surface area contributed by atoms with E-state index >= 15 is 0 Å². The number of carbonyl (C=O) groups is 2. The molecule has 0 aromatic heterocycles. The van der Waals surface area contributed by atoms with Crippen molar-refractivity contribution < 1.29 is 18.0 Å². The molecule has 5 N–H and O–H groups in total. The van der Waals surface area contributed by atoms with Crippen molar-refractivity contribution in [2.45, 2.75) is 44.4 Å². The molecule has 0 bridgehead atoms. The fourth-order valence-electron chi connectivity index (χ4n) is 3.39. The van der Waals surface area contributed by atoms with E-state index in [4.69, 9.17) is 10.9 Å². The first-order valence-electron chi connectivity index (χ1n) is 9.01. The molecule has 1 aliphatic rings. The summed E-state index contributed by atoms with van der Waals surface area (Å²) < 4.78 is 23.2. The summed E-state index contributed by atoms with van der Waals surface area (Å²) in [5.41, 5.74) is 7.20. The Morgan fingerprint density at radius 2 is 2.00 bits per heavy atom. The molecule has 0 radical (unpaired) electrons. The molecule has 2 amide bonds. The maximum atomic E-state index is 12.5. The van der Waals surface area contributed by atoms with Crippen molar-refractivity contribution in [2.24, 2.45) is 16.8 Å². The minimum Gasteiger partial charge on any atom is -0.370 e. The Hall–Kier alpha value is -1.97. The van der Waals surface area contributed by atoms with Crippen molar-refractivity contribution in [1.82, 2.24) is 4.90 Å². The van der Waals surface area contributed by atoms with Crippen molar-refractivity contribution in [3.05, 3.63) is 23.3 Å². The fraction of sp³-hybridized carbons (Fsp3) is 0.556. The number of nitrogens with one attached hydrogen (secondary N) is 1. The van der Waals surface area contributed by atoms with Crippen LogP contribution in [0, 0.1) is 19.8 Å². The molecule has 1 saturated heterocycles. The van der Waals surface area contributed by atoms with Crippen LogP contribution in [0.1, 0.15) is 36.8 Å². The normalized spacial score (nSPS) is 18.3.